The first-order chi connectivity index (χ1) is 5.57. The highest BCUT2D eigenvalue weighted by Gasteiger charge is 2.06. The van der Waals surface area contributed by atoms with Crippen LogP contribution in [0.4, 0.5) is 0 Å². The van der Waals surface area contributed by atoms with Gasteiger partial charge in [-0.2, -0.15) is 0 Å². The van der Waals surface area contributed by atoms with Gasteiger partial charge >= 0.3 is 5.97 Å². The molecule has 0 aromatic rings. The van der Waals surface area contributed by atoms with E-state index in [4.69, 9.17) is 4.74 Å². The fourth-order valence-electron chi connectivity index (χ4n) is 0.322. The van der Waals surface area contributed by atoms with Crippen LogP contribution in [0, 0.1) is 0 Å². The van der Waals surface area contributed by atoms with E-state index in [2.05, 4.69) is 12.3 Å². The molecule has 4 nitrogen and oxygen atoms in total. The Morgan fingerprint density at radius 3 is 2.15 bits per heavy atom. The number of ether oxygens (including phenoxy) is 1. The van der Waals surface area contributed by atoms with Gasteiger partial charge in [-0.15, -0.1) is 12.4 Å². The van der Waals surface area contributed by atoms with Crippen molar-refractivity contribution in [1.82, 2.24) is 4.90 Å². The SMILES string of the molecule is C=CC(=O)OC(C)N(C)C.CN.Cl. The summed E-state index contributed by atoms with van der Waals surface area (Å²) in [6.45, 7) is 5.07. The van der Waals surface area contributed by atoms with E-state index in [9.17, 15) is 4.79 Å². The van der Waals surface area contributed by atoms with Crippen LogP contribution in [0.2, 0.25) is 0 Å². The van der Waals surface area contributed by atoms with Gasteiger partial charge < -0.3 is 10.5 Å². The highest BCUT2D eigenvalue weighted by Crippen LogP contribution is 1.94. The van der Waals surface area contributed by atoms with Gasteiger partial charge in [-0.25, -0.2) is 4.79 Å². The van der Waals surface area contributed by atoms with Gasteiger partial charge in [-0.05, 0) is 28.1 Å². The van der Waals surface area contributed by atoms with Crippen molar-refractivity contribution >= 4 is 18.4 Å². The Morgan fingerprint density at radius 1 is 1.54 bits per heavy atom. The van der Waals surface area contributed by atoms with Crippen LogP contribution in [0.1, 0.15) is 6.92 Å². The average Bonchev–Trinajstić information content (AvgIpc) is 2.07. The minimum atomic E-state index is -0.388. The van der Waals surface area contributed by atoms with Crippen LogP contribution >= 0.6 is 12.4 Å². The zero-order valence-electron chi connectivity index (χ0n) is 8.61. The number of esters is 1. The third-order valence-electron chi connectivity index (χ3n) is 1.18. The van der Waals surface area contributed by atoms with Gasteiger partial charge in [0, 0.05) is 6.08 Å². The van der Waals surface area contributed by atoms with Crippen LogP contribution in [0.3, 0.4) is 0 Å². The van der Waals surface area contributed by atoms with Crippen LogP contribution < -0.4 is 5.73 Å². The molecule has 0 fully saturated rings. The fraction of sp³-hybridized carbons (Fsp3) is 0.625. The molecule has 0 bridgehead atoms. The molecule has 0 aromatic carbocycles. The molecule has 0 saturated heterocycles. The molecule has 2 N–H and O–H groups in total. The maximum Gasteiger partial charge on any atom is 0.331 e. The van der Waals surface area contributed by atoms with Gasteiger partial charge in [0.1, 0.15) is 0 Å². The fourth-order valence-corrected chi connectivity index (χ4v) is 0.322. The van der Waals surface area contributed by atoms with E-state index in [1.54, 1.807) is 11.8 Å². The van der Waals surface area contributed by atoms with Crippen LogP contribution in [-0.4, -0.2) is 38.2 Å². The molecular weight excluding hydrogens is 192 g/mol. The van der Waals surface area contributed by atoms with Gasteiger partial charge in [-0.3, -0.25) is 4.90 Å². The molecule has 1 atom stereocenters. The summed E-state index contributed by atoms with van der Waals surface area (Å²) in [5.74, 6) is -0.388. The summed E-state index contributed by atoms with van der Waals surface area (Å²) in [5, 5.41) is 0. The monoisotopic (exact) mass is 210 g/mol. The predicted molar refractivity (Wildman–Crippen MR) is 56.8 cm³/mol. The largest absolute Gasteiger partial charge is 0.444 e. The zero-order chi connectivity index (χ0) is 10.1. The number of carbonyl (C=O) groups is 1. The Bertz CT molecular complexity index is 140. The normalized spacial score (nSPS) is 10.3. The second kappa shape index (κ2) is 11.4. The molecule has 0 aliphatic rings. The maximum atomic E-state index is 10.6. The van der Waals surface area contributed by atoms with Crippen LogP contribution in [0.15, 0.2) is 12.7 Å². The smallest absolute Gasteiger partial charge is 0.331 e. The van der Waals surface area contributed by atoms with E-state index in [1.807, 2.05) is 14.1 Å². The molecular formula is C8H19ClN2O2. The lowest BCUT2D eigenvalue weighted by Gasteiger charge is -2.18. The third-order valence-corrected chi connectivity index (χ3v) is 1.18. The number of nitrogens with two attached hydrogens (primary N) is 1. The zero-order valence-corrected chi connectivity index (χ0v) is 9.43. The molecule has 0 aliphatic heterocycles. The Morgan fingerprint density at radius 2 is 1.92 bits per heavy atom. The molecule has 0 heterocycles. The molecule has 0 spiro atoms. The molecule has 5 heteroatoms. The molecule has 0 radical (unpaired) electrons. The minimum absolute atomic E-state index is 0. The summed E-state index contributed by atoms with van der Waals surface area (Å²) in [4.78, 5) is 12.4. The molecule has 0 amide bonds. The first kappa shape index (κ1) is 18.3. The molecule has 13 heavy (non-hydrogen) atoms. The van der Waals surface area contributed by atoms with E-state index >= 15 is 0 Å². The van der Waals surface area contributed by atoms with E-state index < -0.39 is 0 Å². The molecule has 1 unspecified atom stereocenters. The number of hydrogen-bond acceptors (Lipinski definition) is 4. The van der Waals surface area contributed by atoms with Crippen LogP contribution in [0.25, 0.3) is 0 Å². The summed E-state index contributed by atoms with van der Waals surface area (Å²) < 4.78 is 4.83. The first-order valence-electron chi connectivity index (χ1n) is 3.65. The molecule has 0 aliphatic carbocycles. The summed E-state index contributed by atoms with van der Waals surface area (Å²) >= 11 is 0. The van der Waals surface area contributed by atoms with Gasteiger partial charge in [0.25, 0.3) is 0 Å². The van der Waals surface area contributed by atoms with Crippen LogP contribution in [0.5, 0.6) is 0 Å². The number of nitrogens with zero attached hydrogens (tertiary/aromatic N) is 1. The first-order valence-corrected chi connectivity index (χ1v) is 3.65. The second-order valence-corrected chi connectivity index (χ2v) is 2.20. The number of hydrogen-bond donors (Lipinski definition) is 1. The van der Waals surface area contributed by atoms with Gasteiger partial charge in [0.05, 0.1) is 0 Å². The Labute approximate surface area is 86.1 Å². The Kier molecular flexibility index (Phi) is 16.0. The number of carbonyl (C=O) groups excluding carboxylic acids is 1. The summed E-state index contributed by atoms with van der Waals surface area (Å²) in [6, 6.07) is 0. The van der Waals surface area contributed by atoms with Crippen molar-refractivity contribution in [2.24, 2.45) is 5.73 Å². The summed E-state index contributed by atoms with van der Waals surface area (Å²) in [5.41, 5.74) is 4.50. The predicted octanol–water partition coefficient (Wildman–Crippen LogP) is 0.620. The van der Waals surface area contributed by atoms with Crippen molar-refractivity contribution < 1.29 is 9.53 Å². The average molecular weight is 211 g/mol. The van der Waals surface area contributed by atoms with E-state index in [1.165, 1.54) is 7.05 Å². The van der Waals surface area contributed by atoms with Crippen molar-refractivity contribution in [3.05, 3.63) is 12.7 Å². The lowest BCUT2D eigenvalue weighted by atomic mass is 10.6. The van der Waals surface area contributed by atoms with Gasteiger partial charge in [0.15, 0.2) is 6.23 Å². The number of halogens is 1. The van der Waals surface area contributed by atoms with Crippen molar-refractivity contribution in [1.29, 1.82) is 0 Å². The van der Waals surface area contributed by atoms with E-state index in [0.717, 1.165) is 6.08 Å². The lowest BCUT2D eigenvalue weighted by Crippen LogP contribution is -2.29. The molecule has 0 aromatic heterocycles. The second-order valence-electron chi connectivity index (χ2n) is 2.20. The summed E-state index contributed by atoms with van der Waals surface area (Å²) in [7, 11) is 5.17. The Balaban J connectivity index is -0.000000309. The lowest BCUT2D eigenvalue weighted by molar-refractivity contribution is -0.149. The van der Waals surface area contributed by atoms with Gasteiger partial charge in [0.2, 0.25) is 0 Å². The quantitative estimate of drug-likeness (QED) is 0.422. The van der Waals surface area contributed by atoms with E-state index in [-0.39, 0.29) is 24.6 Å². The van der Waals surface area contributed by atoms with Crippen molar-refractivity contribution in [2.75, 3.05) is 21.1 Å². The standard InChI is InChI=1S/C7H13NO2.CH5N.ClH/c1-5-7(9)10-6(2)8(3)4;1-2;/h5-6H,1H2,2-4H3;2H2,1H3;1H. The van der Waals surface area contributed by atoms with Crippen molar-refractivity contribution in [2.45, 2.75) is 13.2 Å². The van der Waals surface area contributed by atoms with Crippen molar-refractivity contribution in [3.63, 3.8) is 0 Å². The minimum Gasteiger partial charge on any atom is -0.444 e. The van der Waals surface area contributed by atoms with Crippen molar-refractivity contribution in [3.8, 4) is 0 Å². The van der Waals surface area contributed by atoms with E-state index in [0.29, 0.717) is 0 Å². The summed E-state index contributed by atoms with van der Waals surface area (Å²) in [6.07, 6.45) is 0.963. The third kappa shape index (κ3) is 11.4. The highest BCUT2D eigenvalue weighted by molar-refractivity contribution is 5.85. The molecule has 0 saturated carbocycles. The number of rotatable bonds is 3. The topological polar surface area (TPSA) is 55.6 Å². The molecule has 0 rings (SSSR count). The molecule has 80 valence electrons. The highest BCUT2D eigenvalue weighted by atomic mass is 35.5. The van der Waals surface area contributed by atoms with Gasteiger partial charge in [-0.1, -0.05) is 6.58 Å². The Hall–Kier alpha value is -0.580. The maximum absolute atomic E-state index is 10.6. The van der Waals surface area contributed by atoms with Crippen LogP contribution in [-0.2, 0) is 9.53 Å².